The molecule has 27 heavy (non-hydrogen) atoms. The van der Waals surface area contributed by atoms with Crippen LogP contribution in [0.15, 0.2) is 54.8 Å². The molecule has 0 spiro atoms. The summed E-state index contributed by atoms with van der Waals surface area (Å²) in [4.78, 5) is 13.6. The van der Waals surface area contributed by atoms with E-state index in [2.05, 4.69) is 6.58 Å². The number of amides is 1. The number of carbonyl (C=O) groups excluding carboxylic acids is 1. The van der Waals surface area contributed by atoms with Crippen LogP contribution >= 0.6 is 0 Å². The lowest BCUT2D eigenvalue weighted by atomic mass is 10.00. The SMILES string of the molecule is C=C(C)OC(=O)N1CCc2ccc(Oc3ccc(C(F)(F)F)cc3)cc2C1. The Kier molecular flexibility index (Phi) is 5.12. The van der Waals surface area contributed by atoms with Crippen LogP contribution in [0.4, 0.5) is 18.0 Å². The van der Waals surface area contributed by atoms with Gasteiger partial charge in [0.15, 0.2) is 0 Å². The van der Waals surface area contributed by atoms with Crippen LogP contribution in [0.25, 0.3) is 0 Å². The lowest BCUT2D eigenvalue weighted by Gasteiger charge is -2.28. The predicted molar refractivity (Wildman–Crippen MR) is 93.4 cm³/mol. The molecule has 0 atom stereocenters. The minimum absolute atomic E-state index is 0.303. The molecule has 1 aliphatic heterocycles. The summed E-state index contributed by atoms with van der Waals surface area (Å²) in [6.45, 7) is 6.07. The van der Waals surface area contributed by atoms with Gasteiger partial charge in [0.1, 0.15) is 11.5 Å². The Hall–Kier alpha value is -2.96. The van der Waals surface area contributed by atoms with Gasteiger partial charge in [0.25, 0.3) is 0 Å². The number of ether oxygens (including phenoxy) is 2. The fourth-order valence-electron chi connectivity index (χ4n) is 2.81. The number of hydrogen-bond donors (Lipinski definition) is 0. The van der Waals surface area contributed by atoms with Gasteiger partial charge in [-0.05, 0) is 60.9 Å². The van der Waals surface area contributed by atoms with Gasteiger partial charge in [0.05, 0.1) is 11.3 Å². The molecule has 0 bridgehead atoms. The average Bonchev–Trinajstić information content (AvgIpc) is 2.60. The lowest BCUT2D eigenvalue weighted by molar-refractivity contribution is -0.137. The second-order valence-electron chi connectivity index (χ2n) is 6.30. The first kappa shape index (κ1) is 18.8. The van der Waals surface area contributed by atoms with E-state index >= 15 is 0 Å². The fourth-order valence-corrected chi connectivity index (χ4v) is 2.81. The predicted octanol–water partition coefficient (Wildman–Crippen LogP) is 5.53. The van der Waals surface area contributed by atoms with Crippen molar-refractivity contribution in [3.8, 4) is 11.5 Å². The molecule has 0 radical (unpaired) electrons. The smallest absolute Gasteiger partial charge is 0.416 e. The van der Waals surface area contributed by atoms with Gasteiger partial charge < -0.3 is 14.4 Å². The quantitative estimate of drug-likeness (QED) is 0.661. The highest BCUT2D eigenvalue weighted by molar-refractivity contribution is 5.69. The Bertz CT molecular complexity index is 860. The van der Waals surface area contributed by atoms with E-state index in [1.807, 2.05) is 6.07 Å². The third kappa shape index (κ3) is 4.61. The summed E-state index contributed by atoms with van der Waals surface area (Å²) in [5, 5.41) is 0. The highest BCUT2D eigenvalue weighted by Crippen LogP contribution is 2.32. The Morgan fingerprint density at radius 3 is 2.37 bits per heavy atom. The van der Waals surface area contributed by atoms with Gasteiger partial charge in [-0.15, -0.1) is 0 Å². The molecule has 2 aromatic rings. The summed E-state index contributed by atoms with van der Waals surface area (Å²) in [6, 6.07) is 9.95. The number of benzene rings is 2. The van der Waals surface area contributed by atoms with Gasteiger partial charge in [0, 0.05) is 13.1 Å². The molecule has 1 aliphatic rings. The average molecular weight is 377 g/mol. The van der Waals surface area contributed by atoms with E-state index in [-0.39, 0.29) is 0 Å². The second kappa shape index (κ2) is 7.34. The second-order valence-corrected chi connectivity index (χ2v) is 6.30. The Labute approximate surface area is 154 Å². The number of hydrogen-bond acceptors (Lipinski definition) is 3. The van der Waals surface area contributed by atoms with Crippen molar-refractivity contribution in [3.05, 3.63) is 71.5 Å². The molecule has 7 heteroatoms. The van der Waals surface area contributed by atoms with E-state index in [0.717, 1.165) is 23.3 Å². The normalized spacial score (nSPS) is 13.7. The summed E-state index contributed by atoms with van der Waals surface area (Å²) in [6.07, 6.45) is -4.16. The maximum absolute atomic E-state index is 12.6. The maximum Gasteiger partial charge on any atom is 0.416 e. The first-order valence-electron chi connectivity index (χ1n) is 8.31. The molecule has 0 fully saturated rings. The van der Waals surface area contributed by atoms with Gasteiger partial charge in [-0.1, -0.05) is 12.6 Å². The fraction of sp³-hybridized carbons (Fsp3) is 0.250. The first-order chi connectivity index (χ1) is 12.7. The van der Waals surface area contributed by atoms with Gasteiger partial charge in [0.2, 0.25) is 0 Å². The minimum atomic E-state index is -4.38. The Balaban J connectivity index is 1.72. The zero-order chi connectivity index (χ0) is 19.6. The molecule has 3 rings (SSSR count). The number of nitrogens with zero attached hydrogens (tertiary/aromatic N) is 1. The molecule has 0 N–H and O–H groups in total. The summed E-state index contributed by atoms with van der Waals surface area (Å²) in [7, 11) is 0. The summed E-state index contributed by atoms with van der Waals surface area (Å²) in [5.74, 6) is 1.12. The Morgan fingerprint density at radius 2 is 1.74 bits per heavy atom. The monoisotopic (exact) mass is 377 g/mol. The topological polar surface area (TPSA) is 38.8 Å². The van der Waals surface area contributed by atoms with Crippen LogP contribution in [0.1, 0.15) is 23.6 Å². The highest BCUT2D eigenvalue weighted by Gasteiger charge is 2.30. The van der Waals surface area contributed by atoms with Crippen LogP contribution in [0.2, 0.25) is 0 Å². The highest BCUT2D eigenvalue weighted by atomic mass is 19.4. The molecule has 0 saturated heterocycles. The van der Waals surface area contributed by atoms with Crippen molar-refractivity contribution in [2.45, 2.75) is 26.1 Å². The van der Waals surface area contributed by atoms with Crippen molar-refractivity contribution in [3.63, 3.8) is 0 Å². The Morgan fingerprint density at radius 1 is 1.07 bits per heavy atom. The molecular weight excluding hydrogens is 359 g/mol. The molecular formula is C20H18F3NO3. The first-order valence-corrected chi connectivity index (χ1v) is 8.31. The lowest BCUT2D eigenvalue weighted by Crippen LogP contribution is -2.36. The van der Waals surface area contributed by atoms with Crippen LogP contribution in [-0.2, 0) is 23.9 Å². The molecule has 0 aliphatic carbocycles. The zero-order valence-electron chi connectivity index (χ0n) is 14.7. The zero-order valence-corrected chi connectivity index (χ0v) is 14.7. The number of halogens is 3. The van der Waals surface area contributed by atoms with Crippen molar-refractivity contribution in [2.75, 3.05) is 6.54 Å². The molecule has 2 aromatic carbocycles. The third-order valence-electron chi connectivity index (χ3n) is 4.13. The molecule has 4 nitrogen and oxygen atoms in total. The van der Waals surface area contributed by atoms with Crippen molar-refractivity contribution >= 4 is 6.09 Å². The van der Waals surface area contributed by atoms with E-state index in [0.29, 0.717) is 36.8 Å². The minimum Gasteiger partial charge on any atom is -0.457 e. The largest absolute Gasteiger partial charge is 0.457 e. The van der Waals surface area contributed by atoms with Crippen molar-refractivity contribution in [1.82, 2.24) is 4.90 Å². The van der Waals surface area contributed by atoms with Crippen LogP contribution in [-0.4, -0.2) is 17.5 Å². The van der Waals surface area contributed by atoms with Gasteiger partial charge in [-0.2, -0.15) is 13.2 Å². The van der Waals surface area contributed by atoms with Gasteiger partial charge in [-0.25, -0.2) is 4.79 Å². The number of rotatable bonds is 3. The summed E-state index contributed by atoms with van der Waals surface area (Å²) < 4.78 is 48.6. The number of fused-ring (bicyclic) bond motifs is 1. The van der Waals surface area contributed by atoms with Crippen LogP contribution < -0.4 is 4.74 Å². The number of carbonyl (C=O) groups is 1. The molecule has 1 heterocycles. The molecule has 0 saturated carbocycles. The van der Waals surface area contributed by atoms with E-state index in [9.17, 15) is 18.0 Å². The summed E-state index contributed by atoms with van der Waals surface area (Å²) >= 11 is 0. The molecule has 1 amide bonds. The summed E-state index contributed by atoms with van der Waals surface area (Å²) in [5.41, 5.74) is 1.27. The molecule has 0 aromatic heterocycles. The van der Waals surface area contributed by atoms with E-state index < -0.39 is 17.8 Å². The van der Waals surface area contributed by atoms with Crippen molar-refractivity contribution in [2.24, 2.45) is 0 Å². The standard InChI is InChI=1S/C20H18F3NO3/c1-13(2)26-19(25)24-10-9-14-3-6-18(11-15(14)12-24)27-17-7-4-16(5-8-17)20(21,22)23/h3-8,11H,1,9-10,12H2,2H3. The van der Waals surface area contributed by atoms with Crippen molar-refractivity contribution < 1.29 is 27.4 Å². The van der Waals surface area contributed by atoms with Crippen LogP contribution in [0.3, 0.4) is 0 Å². The van der Waals surface area contributed by atoms with E-state index in [4.69, 9.17) is 9.47 Å². The third-order valence-corrected chi connectivity index (χ3v) is 4.13. The van der Waals surface area contributed by atoms with Gasteiger partial charge >= 0.3 is 12.3 Å². The number of alkyl halides is 3. The van der Waals surface area contributed by atoms with Crippen molar-refractivity contribution in [1.29, 1.82) is 0 Å². The van der Waals surface area contributed by atoms with E-state index in [1.54, 1.807) is 24.0 Å². The van der Waals surface area contributed by atoms with E-state index in [1.165, 1.54) is 12.1 Å². The molecule has 142 valence electrons. The maximum atomic E-state index is 12.6. The van der Waals surface area contributed by atoms with Crippen LogP contribution in [0, 0.1) is 0 Å². The van der Waals surface area contributed by atoms with Gasteiger partial charge in [-0.3, -0.25) is 0 Å². The van der Waals surface area contributed by atoms with Crippen LogP contribution in [0.5, 0.6) is 11.5 Å². The molecule has 0 unspecified atom stereocenters. The number of allylic oxidation sites excluding steroid dienone is 1.